The molecule has 2 aliphatic heterocycles. The summed E-state index contributed by atoms with van der Waals surface area (Å²) in [6.07, 6.45) is 8.34. The molecule has 1 saturated carbocycles. The first kappa shape index (κ1) is 15.8. The molecule has 6 nitrogen and oxygen atoms in total. The molecule has 1 aliphatic carbocycles. The first-order valence-corrected chi connectivity index (χ1v) is 9.16. The molecule has 1 aromatic heterocycles. The largest absolute Gasteiger partial charge is 0.353 e. The lowest BCUT2D eigenvalue weighted by molar-refractivity contribution is 0.0786. The monoisotopic (exact) mass is 329 g/mol. The van der Waals surface area contributed by atoms with Gasteiger partial charge in [-0.05, 0) is 51.6 Å². The second-order valence-electron chi connectivity index (χ2n) is 7.70. The summed E-state index contributed by atoms with van der Waals surface area (Å²) in [5, 5.41) is 0. The second kappa shape index (κ2) is 6.31. The molecule has 3 fully saturated rings. The van der Waals surface area contributed by atoms with Crippen LogP contribution in [0, 0.1) is 11.8 Å². The number of hydrogen-bond donors (Lipinski definition) is 0. The Bertz CT molecular complexity index is 599. The SMILES string of the molecule is CN(C)[C@H]1CN(c2cncc(C(=O)N3CCCC3)n2)C[C@@H]1C1CC1. The molecule has 1 amide bonds. The van der Waals surface area contributed by atoms with Gasteiger partial charge in [-0.2, -0.15) is 0 Å². The molecule has 0 bridgehead atoms. The maximum atomic E-state index is 12.6. The Morgan fingerprint density at radius 3 is 2.58 bits per heavy atom. The molecule has 24 heavy (non-hydrogen) atoms. The van der Waals surface area contributed by atoms with Crippen molar-refractivity contribution in [3.05, 3.63) is 18.1 Å². The Labute approximate surface area is 143 Å². The zero-order chi connectivity index (χ0) is 16.7. The minimum Gasteiger partial charge on any atom is -0.353 e. The average Bonchev–Trinajstić information content (AvgIpc) is 3.12. The molecule has 0 unspecified atom stereocenters. The Morgan fingerprint density at radius 2 is 1.92 bits per heavy atom. The molecule has 130 valence electrons. The van der Waals surface area contributed by atoms with Crippen molar-refractivity contribution in [3.63, 3.8) is 0 Å². The van der Waals surface area contributed by atoms with E-state index >= 15 is 0 Å². The van der Waals surface area contributed by atoms with Gasteiger partial charge >= 0.3 is 0 Å². The summed E-state index contributed by atoms with van der Waals surface area (Å²) < 4.78 is 0. The summed E-state index contributed by atoms with van der Waals surface area (Å²) in [4.78, 5) is 28.1. The Hall–Kier alpha value is -1.69. The molecule has 0 spiro atoms. The Balaban J connectivity index is 1.52. The summed E-state index contributed by atoms with van der Waals surface area (Å²) in [5.41, 5.74) is 0.491. The number of aromatic nitrogens is 2. The highest BCUT2D eigenvalue weighted by atomic mass is 16.2. The van der Waals surface area contributed by atoms with E-state index in [1.807, 2.05) is 11.1 Å². The van der Waals surface area contributed by atoms with Gasteiger partial charge in [-0.3, -0.25) is 9.78 Å². The van der Waals surface area contributed by atoms with Gasteiger partial charge in [0.1, 0.15) is 11.5 Å². The highest BCUT2D eigenvalue weighted by Gasteiger charge is 2.43. The lowest BCUT2D eigenvalue weighted by Gasteiger charge is -2.24. The van der Waals surface area contributed by atoms with Crippen molar-refractivity contribution in [3.8, 4) is 0 Å². The topological polar surface area (TPSA) is 52.6 Å². The van der Waals surface area contributed by atoms with E-state index in [4.69, 9.17) is 0 Å². The zero-order valence-electron chi connectivity index (χ0n) is 14.7. The van der Waals surface area contributed by atoms with E-state index < -0.39 is 0 Å². The third kappa shape index (κ3) is 2.99. The van der Waals surface area contributed by atoms with Crippen molar-refractivity contribution >= 4 is 11.7 Å². The summed E-state index contributed by atoms with van der Waals surface area (Å²) >= 11 is 0. The number of hydrogen-bond acceptors (Lipinski definition) is 5. The lowest BCUT2D eigenvalue weighted by atomic mass is 9.97. The number of anilines is 1. The van der Waals surface area contributed by atoms with Crippen LogP contribution in [0.5, 0.6) is 0 Å². The van der Waals surface area contributed by atoms with Crippen molar-refractivity contribution in [2.75, 3.05) is 45.2 Å². The first-order valence-electron chi connectivity index (χ1n) is 9.16. The van der Waals surface area contributed by atoms with Gasteiger partial charge in [-0.1, -0.05) is 0 Å². The Kier molecular flexibility index (Phi) is 4.16. The number of likely N-dealkylation sites (N-methyl/N-ethyl adjacent to an activating group) is 1. The van der Waals surface area contributed by atoms with Crippen LogP contribution in [0.25, 0.3) is 0 Å². The van der Waals surface area contributed by atoms with Gasteiger partial charge in [0, 0.05) is 32.2 Å². The van der Waals surface area contributed by atoms with E-state index in [-0.39, 0.29) is 5.91 Å². The fourth-order valence-electron chi connectivity index (χ4n) is 4.23. The smallest absolute Gasteiger partial charge is 0.274 e. The number of rotatable bonds is 4. The summed E-state index contributed by atoms with van der Waals surface area (Å²) in [6.45, 7) is 3.70. The van der Waals surface area contributed by atoms with E-state index in [2.05, 4.69) is 33.9 Å². The van der Waals surface area contributed by atoms with Crippen molar-refractivity contribution in [1.29, 1.82) is 0 Å². The van der Waals surface area contributed by atoms with Crippen LogP contribution in [-0.2, 0) is 0 Å². The molecule has 0 N–H and O–H groups in total. The van der Waals surface area contributed by atoms with E-state index in [0.29, 0.717) is 17.7 Å². The number of amides is 1. The molecule has 1 aromatic rings. The highest BCUT2D eigenvalue weighted by Crippen LogP contribution is 2.43. The molecule has 0 radical (unpaired) electrons. The van der Waals surface area contributed by atoms with Crippen LogP contribution in [0.15, 0.2) is 12.4 Å². The van der Waals surface area contributed by atoms with Gasteiger partial charge in [0.25, 0.3) is 5.91 Å². The minimum atomic E-state index is 0.0314. The fraction of sp³-hybridized carbons (Fsp3) is 0.722. The van der Waals surface area contributed by atoms with E-state index in [0.717, 1.165) is 50.8 Å². The van der Waals surface area contributed by atoms with E-state index in [1.165, 1.54) is 12.8 Å². The average molecular weight is 329 g/mol. The third-order valence-electron chi connectivity index (χ3n) is 5.78. The normalized spacial score (nSPS) is 27.3. The second-order valence-corrected chi connectivity index (χ2v) is 7.70. The fourth-order valence-corrected chi connectivity index (χ4v) is 4.23. The molecule has 2 saturated heterocycles. The van der Waals surface area contributed by atoms with Crippen LogP contribution in [0.4, 0.5) is 5.82 Å². The van der Waals surface area contributed by atoms with Crippen molar-refractivity contribution in [2.45, 2.75) is 31.7 Å². The van der Waals surface area contributed by atoms with E-state index in [9.17, 15) is 4.79 Å². The number of likely N-dealkylation sites (tertiary alicyclic amines) is 1. The van der Waals surface area contributed by atoms with Gasteiger partial charge in [0.05, 0.1) is 12.4 Å². The number of carbonyl (C=O) groups is 1. The van der Waals surface area contributed by atoms with Crippen molar-refractivity contribution < 1.29 is 4.79 Å². The molecule has 6 heteroatoms. The zero-order valence-corrected chi connectivity index (χ0v) is 14.7. The van der Waals surface area contributed by atoms with Crippen LogP contribution in [0.1, 0.15) is 36.2 Å². The molecule has 4 rings (SSSR count). The first-order chi connectivity index (χ1) is 11.6. The van der Waals surface area contributed by atoms with Gasteiger partial charge in [-0.15, -0.1) is 0 Å². The maximum Gasteiger partial charge on any atom is 0.274 e. The van der Waals surface area contributed by atoms with Gasteiger partial charge < -0.3 is 14.7 Å². The van der Waals surface area contributed by atoms with Gasteiger partial charge in [-0.25, -0.2) is 4.98 Å². The molecule has 2 atom stereocenters. The van der Waals surface area contributed by atoms with Crippen LogP contribution in [0.3, 0.4) is 0 Å². The van der Waals surface area contributed by atoms with Gasteiger partial charge in [0.15, 0.2) is 0 Å². The summed E-state index contributed by atoms with van der Waals surface area (Å²) in [7, 11) is 4.34. The van der Waals surface area contributed by atoms with Crippen LogP contribution < -0.4 is 4.90 Å². The van der Waals surface area contributed by atoms with Crippen LogP contribution in [0.2, 0.25) is 0 Å². The predicted octanol–water partition coefficient (Wildman–Crippen LogP) is 1.49. The van der Waals surface area contributed by atoms with Gasteiger partial charge in [0.2, 0.25) is 0 Å². The number of nitrogens with zero attached hydrogens (tertiary/aromatic N) is 5. The highest BCUT2D eigenvalue weighted by molar-refractivity contribution is 5.92. The molecular formula is C18H27N5O. The summed E-state index contributed by atoms with van der Waals surface area (Å²) in [6, 6.07) is 0.567. The van der Waals surface area contributed by atoms with Crippen molar-refractivity contribution in [1.82, 2.24) is 19.8 Å². The lowest BCUT2D eigenvalue weighted by Crippen LogP contribution is -2.36. The molecular weight excluding hydrogens is 302 g/mol. The third-order valence-corrected chi connectivity index (χ3v) is 5.78. The minimum absolute atomic E-state index is 0.0314. The van der Waals surface area contributed by atoms with Crippen molar-refractivity contribution in [2.24, 2.45) is 11.8 Å². The number of carbonyl (C=O) groups excluding carboxylic acids is 1. The molecule has 3 heterocycles. The Morgan fingerprint density at radius 1 is 1.17 bits per heavy atom. The van der Waals surface area contributed by atoms with E-state index in [1.54, 1.807) is 6.20 Å². The molecule has 0 aromatic carbocycles. The van der Waals surface area contributed by atoms with Crippen LogP contribution >= 0.6 is 0 Å². The predicted molar refractivity (Wildman–Crippen MR) is 93.1 cm³/mol. The molecule has 3 aliphatic rings. The summed E-state index contributed by atoms with van der Waals surface area (Å²) in [5.74, 6) is 2.46. The standard InChI is InChI=1S/C18H27N5O/c1-21(2)16-12-23(11-14(16)13-5-6-13)17-10-19-9-15(20-17)18(24)22-7-3-4-8-22/h9-10,13-14,16H,3-8,11-12H2,1-2H3/t14-,16+/m1/s1. The maximum absolute atomic E-state index is 12.6. The van der Waals surface area contributed by atoms with Crippen LogP contribution in [-0.4, -0.2) is 72.0 Å². The quantitative estimate of drug-likeness (QED) is 0.838.